The molecule has 6 aliphatic rings. The molecule has 1 amide bonds. The van der Waals surface area contributed by atoms with Crippen molar-refractivity contribution >= 4 is 74.0 Å². The summed E-state index contributed by atoms with van der Waals surface area (Å²) in [7, 11) is 0. The van der Waals surface area contributed by atoms with Gasteiger partial charge in [-0.05, 0) is 155 Å². The second-order valence-electron chi connectivity index (χ2n) is 31.0. The van der Waals surface area contributed by atoms with Crippen molar-refractivity contribution in [3.8, 4) is 33.8 Å². The number of nitrogens with zero attached hydrogens (tertiary/aromatic N) is 18. The Hall–Kier alpha value is -10.7. The third kappa shape index (κ3) is 13.5. The molecular formula is C81H88F3N21O2. The van der Waals surface area contributed by atoms with Gasteiger partial charge in [-0.15, -0.1) is 0 Å². The topological polar surface area (TPSA) is 253 Å². The number of aromatic nitrogens is 15. The summed E-state index contributed by atoms with van der Waals surface area (Å²) >= 11 is 0. The number of halogens is 3. The molecule has 4 N–H and O–H groups in total. The van der Waals surface area contributed by atoms with E-state index in [-0.39, 0.29) is 45.3 Å². The Labute approximate surface area is 618 Å². The molecule has 18 rings (SSSR count). The fraction of sp³-hybridized carbons (Fsp3) is 0.395. The molecule has 26 heteroatoms. The highest BCUT2D eigenvalue weighted by atomic mass is 19.1. The first-order valence-electron chi connectivity index (χ1n) is 37.1. The van der Waals surface area contributed by atoms with Gasteiger partial charge in [0.25, 0.3) is 0 Å². The SMILES string of the molecule is CCN1CCc2nc(Nc3ncc(F)c(-c4cc(C)c5nc6n(c5c4)C(C)(C)CC6)n3)ccc2C1.CCN1CCc2nc(Nc3ncc(F)c(-c4cc(C)c5nn6c(c5c4)C(C)(C)CC6)n3)ccc2C1.Cc1cc(-c2nc(Nc3ccc4c(n3)CCN(C(=O)CO)C4)ncc2F)cc2c3n(nc12)CCC3(C)C. The first-order valence-corrected chi connectivity index (χ1v) is 37.1. The summed E-state index contributed by atoms with van der Waals surface area (Å²) in [5.41, 5.74) is 18.7. The summed E-state index contributed by atoms with van der Waals surface area (Å²) in [5, 5.41) is 30.4. The summed E-state index contributed by atoms with van der Waals surface area (Å²) in [5.74, 6) is 2.20. The monoisotopic (exact) mass is 1440 g/mol. The van der Waals surface area contributed by atoms with Gasteiger partial charge >= 0.3 is 0 Å². The number of nitrogens with one attached hydrogen (secondary N) is 3. The number of carbonyl (C=O) groups excluding carboxylic acids is 1. The van der Waals surface area contributed by atoms with E-state index >= 15 is 0 Å². The Kier molecular flexibility index (Phi) is 18.2. The first kappa shape index (κ1) is 70.6. The number of rotatable bonds is 12. The summed E-state index contributed by atoms with van der Waals surface area (Å²) < 4.78 is 51.4. The van der Waals surface area contributed by atoms with Crippen LogP contribution in [0.2, 0.25) is 0 Å². The third-order valence-electron chi connectivity index (χ3n) is 22.3. The molecule has 107 heavy (non-hydrogen) atoms. The highest BCUT2D eigenvalue weighted by molar-refractivity contribution is 5.92. The zero-order chi connectivity index (χ0) is 74.5. The number of anilines is 6. The van der Waals surface area contributed by atoms with Crippen LogP contribution in [0, 0.1) is 38.2 Å². The molecule has 0 unspecified atom stereocenters. The van der Waals surface area contributed by atoms with Crippen molar-refractivity contribution in [3.05, 3.63) is 177 Å². The molecule has 0 atom stereocenters. The number of aryl methyl sites for hydroxylation is 6. The van der Waals surface area contributed by atoms with Crippen molar-refractivity contribution in [3.63, 3.8) is 0 Å². The molecule has 15 heterocycles. The summed E-state index contributed by atoms with van der Waals surface area (Å²) in [4.78, 5) is 63.5. The molecule has 0 saturated carbocycles. The molecular weight excluding hydrogens is 1360 g/mol. The zero-order valence-corrected chi connectivity index (χ0v) is 62.4. The van der Waals surface area contributed by atoms with E-state index in [0.717, 1.165) is 180 Å². The van der Waals surface area contributed by atoms with Crippen LogP contribution in [0.25, 0.3) is 66.6 Å². The molecule has 550 valence electrons. The van der Waals surface area contributed by atoms with E-state index in [1.807, 2.05) is 75.4 Å². The highest BCUT2D eigenvalue weighted by Gasteiger charge is 2.37. The van der Waals surface area contributed by atoms with Gasteiger partial charge in [-0.2, -0.15) is 10.2 Å². The van der Waals surface area contributed by atoms with Crippen LogP contribution in [0.15, 0.2) is 91.4 Å². The molecule has 0 saturated heterocycles. The molecule has 9 aromatic heterocycles. The Morgan fingerprint density at radius 1 is 0.486 bits per heavy atom. The Morgan fingerprint density at radius 2 is 0.897 bits per heavy atom. The fourth-order valence-corrected chi connectivity index (χ4v) is 16.4. The van der Waals surface area contributed by atoms with E-state index in [0.29, 0.717) is 54.4 Å². The van der Waals surface area contributed by atoms with Gasteiger partial charge in [0.05, 0.1) is 52.0 Å². The van der Waals surface area contributed by atoms with Crippen molar-refractivity contribution in [1.29, 1.82) is 0 Å². The van der Waals surface area contributed by atoms with Crippen molar-refractivity contribution in [2.24, 2.45) is 0 Å². The van der Waals surface area contributed by atoms with E-state index in [1.165, 1.54) is 41.1 Å². The maximum atomic E-state index is 15.0. The highest BCUT2D eigenvalue weighted by Crippen LogP contribution is 2.44. The number of hydrogen-bond acceptors (Lipinski definition) is 19. The molecule has 12 aromatic rings. The van der Waals surface area contributed by atoms with Crippen LogP contribution in [0.1, 0.15) is 142 Å². The lowest BCUT2D eigenvalue weighted by Crippen LogP contribution is -2.37. The molecule has 0 aliphatic carbocycles. The number of pyridine rings is 3. The van der Waals surface area contributed by atoms with Crippen LogP contribution in [0.4, 0.5) is 48.5 Å². The number of hydrogen-bond donors (Lipinski definition) is 4. The van der Waals surface area contributed by atoms with Crippen molar-refractivity contribution in [2.75, 3.05) is 55.3 Å². The summed E-state index contributed by atoms with van der Waals surface area (Å²) in [6.07, 6.45) is 10.1. The number of likely N-dealkylation sites (N-methyl/N-ethyl adjacent to an activating group) is 2. The second kappa shape index (κ2) is 27.6. The number of fused-ring (bicyclic) bond motifs is 12. The lowest BCUT2D eigenvalue weighted by molar-refractivity contribution is -0.135. The van der Waals surface area contributed by atoms with E-state index < -0.39 is 24.1 Å². The lowest BCUT2D eigenvalue weighted by atomic mass is 9.86. The number of benzene rings is 3. The van der Waals surface area contributed by atoms with Gasteiger partial charge in [0.2, 0.25) is 23.8 Å². The van der Waals surface area contributed by atoms with Crippen LogP contribution in [-0.4, -0.2) is 139 Å². The molecule has 0 fully saturated rings. The summed E-state index contributed by atoms with van der Waals surface area (Å²) in [6.45, 7) is 31.9. The lowest BCUT2D eigenvalue weighted by Gasteiger charge is -2.28. The van der Waals surface area contributed by atoms with Crippen LogP contribution in [0.3, 0.4) is 0 Å². The Balaban J connectivity index is 0.000000123. The smallest absolute Gasteiger partial charge is 0.248 e. The van der Waals surface area contributed by atoms with Crippen LogP contribution in [-0.2, 0) is 79.6 Å². The molecule has 6 aliphatic heterocycles. The number of imidazole rings is 1. The van der Waals surface area contributed by atoms with Crippen molar-refractivity contribution in [1.82, 2.24) is 88.7 Å². The number of amides is 1. The maximum absolute atomic E-state index is 15.0. The van der Waals surface area contributed by atoms with E-state index in [1.54, 1.807) is 11.0 Å². The minimum absolute atomic E-state index is 0.00270. The van der Waals surface area contributed by atoms with Gasteiger partial charge in [0, 0.05) is 139 Å². The van der Waals surface area contributed by atoms with Crippen molar-refractivity contribution in [2.45, 2.75) is 170 Å². The quantitative estimate of drug-likeness (QED) is 0.0887. The minimum Gasteiger partial charge on any atom is -0.387 e. The van der Waals surface area contributed by atoms with E-state index in [4.69, 9.17) is 30.3 Å². The largest absolute Gasteiger partial charge is 0.387 e. The van der Waals surface area contributed by atoms with Crippen LogP contribution < -0.4 is 16.0 Å². The minimum atomic E-state index is -0.501. The van der Waals surface area contributed by atoms with Gasteiger partial charge < -0.3 is 30.5 Å². The van der Waals surface area contributed by atoms with Crippen molar-refractivity contribution < 1.29 is 23.1 Å². The molecule has 0 spiro atoms. The average Bonchev–Trinajstić information content (AvgIpc) is 1.60. The number of carbonyl (C=O) groups is 1. The first-order chi connectivity index (χ1) is 51.4. The van der Waals surface area contributed by atoms with Crippen LogP contribution in [0.5, 0.6) is 0 Å². The van der Waals surface area contributed by atoms with Crippen LogP contribution >= 0.6 is 0 Å². The van der Waals surface area contributed by atoms with E-state index in [9.17, 15) is 18.0 Å². The molecule has 0 bridgehead atoms. The van der Waals surface area contributed by atoms with Gasteiger partial charge in [-0.3, -0.25) is 24.0 Å². The zero-order valence-electron chi connectivity index (χ0n) is 62.4. The van der Waals surface area contributed by atoms with Gasteiger partial charge in [0.1, 0.15) is 47.0 Å². The summed E-state index contributed by atoms with van der Waals surface area (Å²) in [6, 6.07) is 23.7. The van der Waals surface area contributed by atoms with E-state index in [2.05, 4.69) is 142 Å². The van der Waals surface area contributed by atoms with Gasteiger partial charge in [-0.1, -0.05) is 59.7 Å². The Bertz CT molecular complexity index is 5330. The predicted octanol–water partition coefficient (Wildman–Crippen LogP) is 13.9. The maximum Gasteiger partial charge on any atom is 0.248 e. The van der Waals surface area contributed by atoms with Gasteiger partial charge in [-0.25, -0.2) is 63.0 Å². The predicted molar refractivity (Wildman–Crippen MR) is 407 cm³/mol. The molecule has 3 aromatic carbocycles. The molecule has 23 nitrogen and oxygen atoms in total. The number of aliphatic hydroxyl groups excluding tert-OH is 1. The normalized spacial score (nSPS) is 16.6. The fourth-order valence-electron chi connectivity index (χ4n) is 16.4. The second-order valence-corrected chi connectivity index (χ2v) is 31.0. The standard InChI is InChI=1S/C27H28FN7O2.2C27H30FN7/c1-15-10-17(11-18-23(15)33-35-9-7-27(2,3)25(18)35)24-19(28)12-29-26(32-24)31-21-5-4-16-13-34(22(37)14-36)8-6-20(16)30-21;1-5-34-11-9-20-17(15-34)6-7-22(30-20)31-26-29-14-19(28)25(33-26)18-12-16(2)24-21(13-18)35-23(32-24)8-10-27(35,3)4;1-5-34-10-8-21-17(15-34)6-7-22(30-21)31-26-29-14-20(28)24(32-26)18-12-16(2)23-19(13-18)25-27(3,4)9-11-35(25)33-23/h4-5,10-12,36H,6-9,13-14H2,1-3H3,(H,29,30,31,32);6-7,12-14H,5,8-11,15H2,1-4H3,(H,29,30,31,33);6-7,12-14H,5,8-11,15H2,1-4H3,(H,29,30,31,32). The Morgan fingerprint density at radius 3 is 1.33 bits per heavy atom. The third-order valence-corrected chi connectivity index (χ3v) is 22.3. The molecule has 0 radical (unpaired) electrons. The average molecular weight is 1440 g/mol. The number of aliphatic hydroxyl groups is 1. The van der Waals surface area contributed by atoms with Gasteiger partial charge in [0.15, 0.2) is 17.5 Å².